The lowest BCUT2D eigenvalue weighted by Crippen LogP contribution is -2.42. The van der Waals surface area contributed by atoms with Crippen LogP contribution in [0.5, 0.6) is 0 Å². The van der Waals surface area contributed by atoms with Gasteiger partial charge in [-0.1, -0.05) is 19.1 Å². The number of ketones is 1. The molecule has 1 fully saturated rings. The number of rotatable bonds is 2. The van der Waals surface area contributed by atoms with Crippen LogP contribution in [0.4, 0.5) is 5.69 Å². The second-order valence-corrected chi connectivity index (χ2v) is 4.85. The number of carbonyl (C=O) groups excluding carboxylic acids is 1. The van der Waals surface area contributed by atoms with Gasteiger partial charge in [0.05, 0.1) is 6.10 Å². The number of hydrogen-bond donors (Lipinski definition) is 1. The number of aliphatic hydroxyl groups is 1. The first-order chi connectivity index (χ1) is 8.09. The fraction of sp³-hybridized carbons (Fsp3) is 0.500. The van der Waals surface area contributed by atoms with Crippen molar-refractivity contribution >= 4 is 11.5 Å². The second-order valence-electron chi connectivity index (χ2n) is 4.85. The molecular weight excluding hydrogens is 214 g/mol. The van der Waals surface area contributed by atoms with Gasteiger partial charge >= 0.3 is 0 Å². The van der Waals surface area contributed by atoms with E-state index in [-0.39, 0.29) is 17.8 Å². The molecule has 0 aromatic heterocycles. The van der Waals surface area contributed by atoms with Gasteiger partial charge < -0.3 is 10.0 Å². The maximum Gasteiger partial charge on any atom is 0.161 e. The highest BCUT2D eigenvalue weighted by Crippen LogP contribution is 2.26. The summed E-state index contributed by atoms with van der Waals surface area (Å²) in [6, 6.07) is 7.70. The third-order valence-electron chi connectivity index (χ3n) is 3.48. The second kappa shape index (κ2) is 4.88. The topological polar surface area (TPSA) is 40.5 Å². The number of carbonyl (C=O) groups is 1. The molecule has 1 aromatic carbocycles. The zero-order chi connectivity index (χ0) is 12.4. The van der Waals surface area contributed by atoms with Crippen molar-refractivity contribution in [2.24, 2.45) is 5.92 Å². The molecule has 0 bridgehead atoms. The lowest BCUT2D eigenvalue weighted by molar-refractivity contribution is 0.0967. The summed E-state index contributed by atoms with van der Waals surface area (Å²) in [6.07, 6.45) is 0.559. The number of benzene rings is 1. The molecule has 1 saturated heterocycles. The van der Waals surface area contributed by atoms with Gasteiger partial charge in [-0.15, -0.1) is 0 Å². The maximum absolute atomic E-state index is 11.6. The highest BCUT2D eigenvalue weighted by Gasteiger charge is 2.25. The van der Waals surface area contributed by atoms with Gasteiger partial charge in [-0.3, -0.25) is 4.79 Å². The number of aliphatic hydroxyl groups excluding tert-OH is 1. The van der Waals surface area contributed by atoms with E-state index in [4.69, 9.17) is 0 Å². The van der Waals surface area contributed by atoms with Crippen LogP contribution >= 0.6 is 0 Å². The number of piperidine rings is 1. The molecule has 2 rings (SSSR count). The van der Waals surface area contributed by atoms with Crippen LogP contribution in [0, 0.1) is 5.92 Å². The van der Waals surface area contributed by atoms with Crippen molar-refractivity contribution < 1.29 is 9.90 Å². The van der Waals surface area contributed by atoms with Crippen molar-refractivity contribution in [2.45, 2.75) is 26.4 Å². The molecule has 0 amide bonds. The van der Waals surface area contributed by atoms with Gasteiger partial charge in [0.15, 0.2) is 5.78 Å². The molecule has 2 unspecified atom stereocenters. The van der Waals surface area contributed by atoms with Crippen molar-refractivity contribution in [3.8, 4) is 0 Å². The molecule has 92 valence electrons. The van der Waals surface area contributed by atoms with Crippen molar-refractivity contribution in [3.05, 3.63) is 29.8 Å². The molecular formula is C14H19NO2. The lowest BCUT2D eigenvalue weighted by Gasteiger charge is -2.36. The third-order valence-corrected chi connectivity index (χ3v) is 3.48. The minimum Gasteiger partial charge on any atom is -0.393 e. The van der Waals surface area contributed by atoms with Crippen LogP contribution in [0.15, 0.2) is 24.3 Å². The van der Waals surface area contributed by atoms with Crippen LogP contribution in [0.25, 0.3) is 0 Å². The Balaban J connectivity index is 2.25. The highest BCUT2D eigenvalue weighted by molar-refractivity contribution is 5.99. The van der Waals surface area contributed by atoms with Crippen LogP contribution in [0.1, 0.15) is 30.6 Å². The molecule has 0 spiro atoms. The summed E-state index contributed by atoms with van der Waals surface area (Å²) in [4.78, 5) is 13.8. The number of anilines is 1. The largest absolute Gasteiger partial charge is 0.393 e. The Labute approximate surface area is 102 Å². The molecule has 1 aliphatic heterocycles. The maximum atomic E-state index is 11.6. The monoisotopic (exact) mass is 233 g/mol. The lowest BCUT2D eigenvalue weighted by atomic mass is 9.95. The van der Waals surface area contributed by atoms with Gasteiger partial charge in [0.1, 0.15) is 0 Å². The fourth-order valence-electron chi connectivity index (χ4n) is 2.40. The van der Waals surface area contributed by atoms with E-state index in [2.05, 4.69) is 4.90 Å². The van der Waals surface area contributed by atoms with Crippen LogP contribution in [-0.4, -0.2) is 30.1 Å². The van der Waals surface area contributed by atoms with E-state index in [0.29, 0.717) is 0 Å². The molecule has 17 heavy (non-hydrogen) atoms. The summed E-state index contributed by atoms with van der Waals surface area (Å²) in [5.74, 6) is 0.350. The third kappa shape index (κ3) is 2.50. The van der Waals surface area contributed by atoms with Gasteiger partial charge in [-0.25, -0.2) is 0 Å². The van der Waals surface area contributed by atoms with Gasteiger partial charge in [0.25, 0.3) is 0 Å². The standard InChI is InChI=1S/C14H19NO2/c1-10-9-15(8-7-14(10)17)13-6-4-3-5-12(13)11(2)16/h3-6,10,14,17H,7-9H2,1-2H3. The Kier molecular flexibility index (Phi) is 3.48. The predicted octanol–water partition coefficient (Wildman–Crippen LogP) is 2.10. The fourth-order valence-corrected chi connectivity index (χ4v) is 2.40. The first-order valence-electron chi connectivity index (χ1n) is 6.12. The average Bonchev–Trinajstić information content (AvgIpc) is 2.32. The van der Waals surface area contributed by atoms with Crippen molar-refractivity contribution in [2.75, 3.05) is 18.0 Å². The number of nitrogens with zero attached hydrogens (tertiary/aromatic N) is 1. The van der Waals surface area contributed by atoms with Crippen LogP contribution in [0.3, 0.4) is 0 Å². The van der Waals surface area contributed by atoms with E-state index in [9.17, 15) is 9.90 Å². The molecule has 0 aliphatic carbocycles. The molecule has 2 atom stereocenters. The van der Waals surface area contributed by atoms with Gasteiger partial charge in [-0.2, -0.15) is 0 Å². The summed E-state index contributed by atoms with van der Waals surface area (Å²) < 4.78 is 0. The summed E-state index contributed by atoms with van der Waals surface area (Å²) in [6.45, 7) is 5.27. The highest BCUT2D eigenvalue weighted by atomic mass is 16.3. The number of para-hydroxylation sites is 1. The Morgan fingerprint density at radius 2 is 2.12 bits per heavy atom. The molecule has 0 saturated carbocycles. The summed E-state index contributed by atoms with van der Waals surface area (Å²) in [5.41, 5.74) is 1.77. The zero-order valence-corrected chi connectivity index (χ0v) is 10.4. The molecule has 3 nitrogen and oxygen atoms in total. The van der Waals surface area contributed by atoms with Crippen LogP contribution < -0.4 is 4.90 Å². The van der Waals surface area contributed by atoms with Crippen molar-refractivity contribution in [3.63, 3.8) is 0 Å². The Hall–Kier alpha value is -1.35. The van der Waals surface area contributed by atoms with Crippen molar-refractivity contribution in [1.82, 2.24) is 0 Å². The molecule has 3 heteroatoms. The number of hydrogen-bond acceptors (Lipinski definition) is 3. The summed E-state index contributed by atoms with van der Waals surface area (Å²) >= 11 is 0. The van der Waals surface area contributed by atoms with Crippen LogP contribution in [-0.2, 0) is 0 Å². The summed E-state index contributed by atoms with van der Waals surface area (Å²) in [7, 11) is 0. The van der Waals surface area contributed by atoms with Gasteiger partial charge in [0.2, 0.25) is 0 Å². The predicted molar refractivity (Wildman–Crippen MR) is 68.4 cm³/mol. The smallest absolute Gasteiger partial charge is 0.161 e. The first-order valence-corrected chi connectivity index (χ1v) is 6.12. The molecule has 1 aromatic rings. The molecule has 0 radical (unpaired) electrons. The average molecular weight is 233 g/mol. The summed E-state index contributed by atoms with van der Waals surface area (Å²) in [5, 5.41) is 9.73. The Morgan fingerprint density at radius 3 is 2.76 bits per heavy atom. The minimum atomic E-state index is -0.212. The SMILES string of the molecule is CC(=O)c1ccccc1N1CCC(O)C(C)C1. The van der Waals surface area contributed by atoms with E-state index in [1.165, 1.54) is 0 Å². The van der Waals surface area contributed by atoms with Gasteiger partial charge in [-0.05, 0) is 31.4 Å². The molecule has 1 N–H and O–H groups in total. The van der Waals surface area contributed by atoms with Crippen molar-refractivity contribution in [1.29, 1.82) is 0 Å². The Morgan fingerprint density at radius 1 is 1.41 bits per heavy atom. The minimum absolute atomic E-state index is 0.0966. The molecule has 1 aliphatic rings. The normalized spacial score (nSPS) is 24.8. The quantitative estimate of drug-likeness (QED) is 0.795. The Bertz CT molecular complexity index is 416. The zero-order valence-electron chi connectivity index (χ0n) is 10.4. The van der Waals surface area contributed by atoms with E-state index in [1.807, 2.05) is 31.2 Å². The van der Waals surface area contributed by atoms with E-state index in [0.717, 1.165) is 30.8 Å². The molecule has 1 heterocycles. The van der Waals surface area contributed by atoms with Gasteiger partial charge in [0, 0.05) is 24.3 Å². The number of Topliss-reactive ketones (excluding diaryl/α,β-unsaturated/α-hetero) is 1. The van der Waals surface area contributed by atoms with E-state index < -0.39 is 0 Å². The first kappa shape index (κ1) is 12.1. The van der Waals surface area contributed by atoms with E-state index >= 15 is 0 Å². The van der Waals surface area contributed by atoms with Crippen LogP contribution in [0.2, 0.25) is 0 Å². The van der Waals surface area contributed by atoms with E-state index in [1.54, 1.807) is 6.92 Å².